The molecule has 0 amide bonds. The zero-order chi connectivity index (χ0) is 23.7. The molecule has 0 saturated heterocycles. The number of ether oxygens (including phenoxy) is 2. The fraction of sp³-hybridized carbons (Fsp3) is 0.167. The van der Waals surface area contributed by atoms with Crippen LogP contribution in [0.4, 0.5) is 11.4 Å². The Morgan fingerprint density at radius 1 is 0.941 bits per heavy atom. The second kappa shape index (κ2) is 8.71. The van der Waals surface area contributed by atoms with Crippen LogP contribution in [0.1, 0.15) is 11.3 Å². The molecular formula is C24H22N4O5S. The van der Waals surface area contributed by atoms with Crippen LogP contribution in [-0.4, -0.2) is 31.0 Å². The third-order valence-corrected chi connectivity index (χ3v) is 6.67. The molecule has 0 spiro atoms. The lowest BCUT2D eigenvalue weighted by Crippen LogP contribution is -2.17. The van der Waals surface area contributed by atoms with Gasteiger partial charge in [0, 0.05) is 29.7 Å². The Hall–Kier alpha value is -4.05. The number of sulfonamides is 1. The van der Waals surface area contributed by atoms with Gasteiger partial charge in [-0.3, -0.25) is 13.9 Å². The van der Waals surface area contributed by atoms with Gasteiger partial charge in [0.15, 0.2) is 11.5 Å². The van der Waals surface area contributed by atoms with Crippen molar-refractivity contribution in [2.75, 3.05) is 23.3 Å². The molecule has 1 aliphatic rings. The van der Waals surface area contributed by atoms with Crippen LogP contribution in [0, 0.1) is 6.92 Å². The number of hydrogen-bond donors (Lipinski definition) is 2. The van der Waals surface area contributed by atoms with Crippen molar-refractivity contribution in [2.24, 2.45) is 0 Å². The molecule has 0 radical (unpaired) electrons. The molecule has 0 fully saturated rings. The summed E-state index contributed by atoms with van der Waals surface area (Å²) in [5, 5.41) is 3.20. The highest BCUT2D eigenvalue weighted by Gasteiger charge is 2.19. The van der Waals surface area contributed by atoms with Gasteiger partial charge in [-0.1, -0.05) is 6.07 Å². The van der Waals surface area contributed by atoms with Crippen LogP contribution in [0.25, 0.3) is 5.65 Å². The molecular weight excluding hydrogens is 456 g/mol. The van der Waals surface area contributed by atoms with Crippen LogP contribution in [0.5, 0.6) is 11.5 Å². The number of rotatable bonds is 6. The van der Waals surface area contributed by atoms with Crippen molar-refractivity contribution in [3.05, 3.63) is 88.5 Å². The first-order valence-corrected chi connectivity index (χ1v) is 12.1. The highest BCUT2D eigenvalue weighted by Crippen LogP contribution is 2.32. The molecule has 9 nitrogen and oxygen atoms in total. The van der Waals surface area contributed by atoms with E-state index in [0.717, 1.165) is 11.3 Å². The number of anilines is 2. The number of benzene rings is 2. The maximum atomic E-state index is 12.8. The molecule has 174 valence electrons. The highest BCUT2D eigenvalue weighted by atomic mass is 32.2. The van der Waals surface area contributed by atoms with Crippen molar-refractivity contribution in [3.63, 3.8) is 0 Å². The molecule has 2 aromatic heterocycles. The first-order chi connectivity index (χ1) is 16.4. The van der Waals surface area contributed by atoms with E-state index >= 15 is 0 Å². The molecule has 1 aliphatic heterocycles. The summed E-state index contributed by atoms with van der Waals surface area (Å²) >= 11 is 0. The predicted octanol–water partition coefficient (Wildman–Crippen LogP) is 3.19. The highest BCUT2D eigenvalue weighted by molar-refractivity contribution is 7.92. The SMILES string of the molecule is Cc1ccc2nc(CNc3ccc(NS(=O)(=O)c4ccc5c(c4)OCCO5)cc3)cc(=O)n2c1. The third-order valence-electron chi connectivity index (χ3n) is 5.30. The van der Waals surface area contributed by atoms with Gasteiger partial charge in [0.1, 0.15) is 18.9 Å². The van der Waals surface area contributed by atoms with Crippen molar-refractivity contribution < 1.29 is 17.9 Å². The Labute approximate surface area is 196 Å². The molecule has 0 atom stereocenters. The van der Waals surface area contributed by atoms with Crippen molar-refractivity contribution in [3.8, 4) is 11.5 Å². The van der Waals surface area contributed by atoms with Crippen molar-refractivity contribution in [2.45, 2.75) is 18.4 Å². The summed E-state index contributed by atoms with van der Waals surface area (Å²) in [5.41, 5.74) is 3.20. The van der Waals surface area contributed by atoms with Gasteiger partial charge in [-0.2, -0.15) is 0 Å². The monoisotopic (exact) mass is 478 g/mol. The van der Waals surface area contributed by atoms with E-state index in [9.17, 15) is 13.2 Å². The standard InChI is InChI=1S/C24H22N4O5S/c1-16-2-9-23-26-19(12-24(29)28(23)15-16)14-25-17-3-5-18(6-4-17)27-34(30,31)20-7-8-21-22(13-20)33-11-10-32-21/h2-9,12-13,15,25,27H,10-11,14H2,1H3. The second-order valence-corrected chi connectivity index (χ2v) is 9.54. The maximum absolute atomic E-state index is 12.8. The van der Waals surface area contributed by atoms with Gasteiger partial charge in [-0.15, -0.1) is 0 Å². The minimum absolute atomic E-state index is 0.0859. The minimum Gasteiger partial charge on any atom is -0.486 e. The molecule has 0 bridgehead atoms. The van der Waals surface area contributed by atoms with Crippen LogP contribution in [-0.2, 0) is 16.6 Å². The Morgan fingerprint density at radius 2 is 1.68 bits per heavy atom. The fourth-order valence-corrected chi connectivity index (χ4v) is 4.68. The predicted molar refractivity (Wildman–Crippen MR) is 128 cm³/mol. The van der Waals surface area contributed by atoms with E-state index in [1.165, 1.54) is 22.6 Å². The smallest absolute Gasteiger partial charge is 0.262 e. The van der Waals surface area contributed by atoms with Crippen LogP contribution < -0.4 is 25.1 Å². The van der Waals surface area contributed by atoms with Gasteiger partial charge in [-0.25, -0.2) is 13.4 Å². The van der Waals surface area contributed by atoms with Gasteiger partial charge >= 0.3 is 0 Å². The summed E-state index contributed by atoms with van der Waals surface area (Å²) in [7, 11) is -3.80. The van der Waals surface area contributed by atoms with Gasteiger partial charge in [0.2, 0.25) is 0 Å². The van der Waals surface area contributed by atoms with Crippen molar-refractivity contribution in [1.29, 1.82) is 0 Å². The lowest BCUT2D eigenvalue weighted by atomic mass is 10.2. The van der Waals surface area contributed by atoms with Crippen LogP contribution in [0.2, 0.25) is 0 Å². The summed E-state index contributed by atoms with van der Waals surface area (Å²) in [6.45, 7) is 3.08. The number of nitrogens with zero attached hydrogens (tertiary/aromatic N) is 2. The Morgan fingerprint density at radius 3 is 2.47 bits per heavy atom. The van der Waals surface area contributed by atoms with Crippen molar-refractivity contribution >= 4 is 27.0 Å². The lowest BCUT2D eigenvalue weighted by molar-refractivity contribution is 0.171. The van der Waals surface area contributed by atoms with Gasteiger partial charge in [-0.05, 0) is 55.0 Å². The van der Waals surface area contributed by atoms with Gasteiger partial charge in [0.05, 0.1) is 17.1 Å². The molecule has 10 heteroatoms. The number of nitrogens with one attached hydrogen (secondary N) is 2. The molecule has 2 N–H and O–H groups in total. The summed E-state index contributed by atoms with van der Waals surface area (Å²) in [4.78, 5) is 17.0. The summed E-state index contributed by atoms with van der Waals surface area (Å²) in [5.74, 6) is 0.935. The Kier molecular flexibility index (Phi) is 5.58. The van der Waals surface area contributed by atoms with Crippen LogP contribution in [0.15, 0.2) is 76.6 Å². The zero-order valence-electron chi connectivity index (χ0n) is 18.3. The van der Waals surface area contributed by atoms with Gasteiger partial charge in [0.25, 0.3) is 15.6 Å². The number of pyridine rings is 1. The average molecular weight is 479 g/mol. The van der Waals surface area contributed by atoms with Crippen molar-refractivity contribution in [1.82, 2.24) is 9.38 Å². The van der Waals surface area contributed by atoms with E-state index < -0.39 is 10.0 Å². The second-order valence-electron chi connectivity index (χ2n) is 7.86. The average Bonchev–Trinajstić information content (AvgIpc) is 2.83. The number of aromatic nitrogens is 2. The normalized spacial score (nSPS) is 13.0. The summed E-state index contributed by atoms with van der Waals surface area (Å²) in [6.07, 6.45) is 1.76. The Balaban J connectivity index is 1.26. The number of aryl methyl sites for hydroxylation is 1. The van der Waals surface area contributed by atoms with Crippen LogP contribution in [0.3, 0.4) is 0 Å². The molecule has 0 saturated carbocycles. The molecule has 2 aromatic carbocycles. The third kappa shape index (κ3) is 4.53. The minimum atomic E-state index is -3.80. The van der Waals surface area contributed by atoms with E-state index in [1.54, 1.807) is 36.5 Å². The van der Waals surface area contributed by atoms with E-state index in [1.807, 2.05) is 19.1 Å². The number of fused-ring (bicyclic) bond motifs is 2. The maximum Gasteiger partial charge on any atom is 0.262 e. The molecule has 5 rings (SSSR count). The largest absolute Gasteiger partial charge is 0.486 e. The quantitative estimate of drug-likeness (QED) is 0.438. The van der Waals surface area contributed by atoms with E-state index in [0.29, 0.717) is 48.3 Å². The number of hydrogen-bond acceptors (Lipinski definition) is 7. The van der Waals surface area contributed by atoms with E-state index in [2.05, 4.69) is 15.0 Å². The zero-order valence-corrected chi connectivity index (χ0v) is 19.1. The topological polar surface area (TPSA) is 111 Å². The molecule has 0 unspecified atom stereocenters. The Bertz CT molecular complexity index is 1530. The lowest BCUT2D eigenvalue weighted by Gasteiger charge is -2.19. The molecule has 34 heavy (non-hydrogen) atoms. The molecule has 4 aromatic rings. The molecule has 0 aliphatic carbocycles. The summed E-state index contributed by atoms with van der Waals surface area (Å²) < 4.78 is 40.6. The van der Waals surface area contributed by atoms with E-state index in [-0.39, 0.29) is 10.5 Å². The van der Waals surface area contributed by atoms with Gasteiger partial charge < -0.3 is 14.8 Å². The van der Waals surface area contributed by atoms with Crippen LogP contribution >= 0.6 is 0 Å². The fourth-order valence-electron chi connectivity index (χ4n) is 3.60. The first kappa shape index (κ1) is 21.8. The first-order valence-electron chi connectivity index (χ1n) is 10.6. The molecule has 3 heterocycles. The van der Waals surface area contributed by atoms with E-state index in [4.69, 9.17) is 9.47 Å². The summed E-state index contributed by atoms with van der Waals surface area (Å²) in [6, 6.07) is 16.5.